The molecule has 1 aliphatic rings. The van der Waals surface area contributed by atoms with Crippen LogP contribution in [0.25, 0.3) is 0 Å². The van der Waals surface area contributed by atoms with Gasteiger partial charge in [-0.15, -0.1) is 11.3 Å². The van der Waals surface area contributed by atoms with Crippen LogP contribution in [0.4, 0.5) is 0 Å². The summed E-state index contributed by atoms with van der Waals surface area (Å²) in [5.41, 5.74) is 1.04. The van der Waals surface area contributed by atoms with Gasteiger partial charge in [0.05, 0.1) is 28.8 Å². The van der Waals surface area contributed by atoms with Crippen molar-refractivity contribution in [2.75, 3.05) is 13.2 Å². The molecule has 0 unspecified atom stereocenters. The van der Waals surface area contributed by atoms with Gasteiger partial charge in [0.15, 0.2) is 0 Å². The van der Waals surface area contributed by atoms with Gasteiger partial charge in [-0.1, -0.05) is 6.92 Å². The van der Waals surface area contributed by atoms with Crippen molar-refractivity contribution < 1.29 is 9.47 Å². The number of aromatic nitrogens is 1. The first-order chi connectivity index (χ1) is 6.65. The van der Waals surface area contributed by atoms with E-state index in [1.807, 2.05) is 13.8 Å². The molecule has 4 heteroatoms. The van der Waals surface area contributed by atoms with Crippen LogP contribution in [0.1, 0.15) is 29.4 Å². The van der Waals surface area contributed by atoms with Crippen molar-refractivity contribution in [1.82, 2.24) is 4.98 Å². The monoisotopic (exact) mass is 213 g/mol. The first-order valence-corrected chi connectivity index (χ1v) is 5.72. The van der Waals surface area contributed by atoms with Crippen LogP contribution < -0.4 is 0 Å². The zero-order valence-corrected chi connectivity index (χ0v) is 9.61. The molecule has 1 saturated heterocycles. The molecule has 1 fully saturated rings. The van der Waals surface area contributed by atoms with E-state index in [-0.39, 0.29) is 0 Å². The van der Waals surface area contributed by atoms with Gasteiger partial charge in [0, 0.05) is 0 Å². The van der Waals surface area contributed by atoms with Crippen molar-refractivity contribution in [2.24, 2.45) is 0 Å². The number of thiazole rings is 1. The number of hydrogen-bond acceptors (Lipinski definition) is 4. The molecular formula is C10H15NO2S. The molecule has 2 rings (SSSR count). The van der Waals surface area contributed by atoms with E-state index in [2.05, 4.69) is 11.9 Å². The van der Waals surface area contributed by atoms with E-state index in [4.69, 9.17) is 9.47 Å². The van der Waals surface area contributed by atoms with Gasteiger partial charge >= 0.3 is 0 Å². The van der Waals surface area contributed by atoms with Gasteiger partial charge in [-0.25, -0.2) is 4.98 Å². The zero-order valence-electron chi connectivity index (χ0n) is 8.79. The van der Waals surface area contributed by atoms with Gasteiger partial charge in [-0.05, 0) is 20.3 Å². The van der Waals surface area contributed by atoms with E-state index in [0.717, 1.165) is 22.0 Å². The predicted octanol–water partition coefficient (Wildman–Crippen LogP) is 2.23. The molecule has 0 aromatic carbocycles. The Labute approximate surface area is 88.1 Å². The highest BCUT2D eigenvalue weighted by atomic mass is 32.1. The molecule has 14 heavy (non-hydrogen) atoms. The van der Waals surface area contributed by atoms with Gasteiger partial charge in [0.25, 0.3) is 0 Å². The zero-order chi connectivity index (χ0) is 10.2. The first-order valence-electron chi connectivity index (χ1n) is 4.90. The standard InChI is InChI=1S/C10H15NO2S/c1-4-8-11-7(2)9(14-8)10(3)12-5-6-13-10/h4-6H2,1-3H3. The van der Waals surface area contributed by atoms with Crippen molar-refractivity contribution >= 4 is 11.3 Å². The Balaban J connectivity index is 2.34. The summed E-state index contributed by atoms with van der Waals surface area (Å²) >= 11 is 1.69. The minimum Gasteiger partial charge on any atom is -0.343 e. The Kier molecular flexibility index (Phi) is 2.60. The summed E-state index contributed by atoms with van der Waals surface area (Å²) in [5, 5.41) is 1.15. The first kappa shape index (κ1) is 10.1. The number of nitrogens with zero attached hydrogens (tertiary/aromatic N) is 1. The minimum atomic E-state index is -0.546. The smallest absolute Gasteiger partial charge is 0.203 e. The van der Waals surface area contributed by atoms with Crippen LogP contribution >= 0.6 is 11.3 Å². The van der Waals surface area contributed by atoms with Crippen LogP contribution in [0.5, 0.6) is 0 Å². The van der Waals surface area contributed by atoms with E-state index in [9.17, 15) is 0 Å². The lowest BCUT2D eigenvalue weighted by Gasteiger charge is -2.20. The summed E-state index contributed by atoms with van der Waals surface area (Å²) in [6.45, 7) is 7.45. The lowest BCUT2D eigenvalue weighted by molar-refractivity contribution is -0.147. The third-order valence-electron chi connectivity index (χ3n) is 2.39. The quantitative estimate of drug-likeness (QED) is 0.755. The number of aryl methyl sites for hydroxylation is 2. The molecule has 0 amide bonds. The summed E-state index contributed by atoms with van der Waals surface area (Å²) in [5.74, 6) is -0.546. The molecule has 0 bridgehead atoms. The summed E-state index contributed by atoms with van der Waals surface area (Å²) in [6, 6.07) is 0. The Bertz CT molecular complexity index is 329. The Morgan fingerprint density at radius 1 is 1.43 bits per heavy atom. The third-order valence-corrected chi connectivity index (χ3v) is 3.88. The SMILES string of the molecule is CCc1nc(C)c(C2(C)OCCO2)s1. The molecule has 1 aromatic rings. The Hall–Kier alpha value is -0.450. The van der Waals surface area contributed by atoms with E-state index >= 15 is 0 Å². The van der Waals surface area contributed by atoms with Crippen LogP contribution in [0.2, 0.25) is 0 Å². The normalized spacial score (nSPS) is 20.2. The molecule has 0 radical (unpaired) electrons. The molecular weight excluding hydrogens is 198 g/mol. The lowest BCUT2D eigenvalue weighted by Crippen LogP contribution is -2.21. The molecule has 2 heterocycles. The fraction of sp³-hybridized carbons (Fsp3) is 0.700. The molecule has 0 atom stereocenters. The predicted molar refractivity (Wildman–Crippen MR) is 55.5 cm³/mol. The Morgan fingerprint density at radius 3 is 2.57 bits per heavy atom. The molecule has 0 N–H and O–H groups in total. The fourth-order valence-corrected chi connectivity index (χ4v) is 2.73. The van der Waals surface area contributed by atoms with Gasteiger partial charge in [0.2, 0.25) is 5.79 Å². The molecule has 0 saturated carbocycles. The molecule has 0 aliphatic carbocycles. The van der Waals surface area contributed by atoms with Crippen molar-refractivity contribution in [3.05, 3.63) is 15.6 Å². The average Bonchev–Trinajstić information content (AvgIpc) is 2.73. The van der Waals surface area contributed by atoms with Crippen LogP contribution in [0.15, 0.2) is 0 Å². The molecule has 3 nitrogen and oxygen atoms in total. The second kappa shape index (κ2) is 3.61. The van der Waals surface area contributed by atoms with Crippen molar-refractivity contribution in [3.8, 4) is 0 Å². The van der Waals surface area contributed by atoms with Crippen molar-refractivity contribution in [2.45, 2.75) is 33.0 Å². The molecule has 1 aliphatic heterocycles. The van der Waals surface area contributed by atoms with E-state index in [1.165, 1.54) is 0 Å². The van der Waals surface area contributed by atoms with Crippen molar-refractivity contribution in [1.29, 1.82) is 0 Å². The topological polar surface area (TPSA) is 31.4 Å². The van der Waals surface area contributed by atoms with Crippen LogP contribution in [0, 0.1) is 6.92 Å². The second-order valence-electron chi connectivity index (χ2n) is 3.52. The summed E-state index contributed by atoms with van der Waals surface area (Å²) < 4.78 is 11.2. The second-order valence-corrected chi connectivity index (χ2v) is 4.60. The number of hydrogen-bond donors (Lipinski definition) is 0. The maximum atomic E-state index is 5.61. The van der Waals surface area contributed by atoms with Crippen LogP contribution in [-0.2, 0) is 21.7 Å². The van der Waals surface area contributed by atoms with Crippen LogP contribution in [-0.4, -0.2) is 18.2 Å². The summed E-state index contributed by atoms with van der Waals surface area (Å²) in [4.78, 5) is 5.59. The van der Waals surface area contributed by atoms with E-state index in [1.54, 1.807) is 11.3 Å². The third kappa shape index (κ3) is 1.58. The van der Waals surface area contributed by atoms with Gasteiger partial charge in [0.1, 0.15) is 0 Å². The molecule has 0 spiro atoms. The highest BCUT2D eigenvalue weighted by Crippen LogP contribution is 2.36. The van der Waals surface area contributed by atoms with Crippen molar-refractivity contribution in [3.63, 3.8) is 0 Å². The molecule has 1 aromatic heterocycles. The maximum Gasteiger partial charge on any atom is 0.203 e. The lowest BCUT2D eigenvalue weighted by atomic mass is 10.2. The number of ether oxygens (including phenoxy) is 2. The highest BCUT2D eigenvalue weighted by Gasteiger charge is 2.36. The molecule has 78 valence electrons. The van der Waals surface area contributed by atoms with Gasteiger partial charge < -0.3 is 9.47 Å². The largest absolute Gasteiger partial charge is 0.343 e. The maximum absolute atomic E-state index is 5.61. The highest BCUT2D eigenvalue weighted by molar-refractivity contribution is 7.11. The Morgan fingerprint density at radius 2 is 2.07 bits per heavy atom. The summed E-state index contributed by atoms with van der Waals surface area (Å²) in [6.07, 6.45) is 0.974. The van der Waals surface area contributed by atoms with E-state index in [0.29, 0.717) is 13.2 Å². The minimum absolute atomic E-state index is 0.546. The number of rotatable bonds is 2. The van der Waals surface area contributed by atoms with Crippen LogP contribution in [0.3, 0.4) is 0 Å². The average molecular weight is 213 g/mol. The fourth-order valence-electron chi connectivity index (χ4n) is 1.67. The van der Waals surface area contributed by atoms with E-state index < -0.39 is 5.79 Å². The van der Waals surface area contributed by atoms with Gasteiger partial charge in [-0.3, -0.25) is 0 Å². The summed E-state index contributed by atoms with van der Waals surface area (Å²) in [7, 11) is 0. The van der Waals surface area contributed by atoms with Gasteiger partial charge in [-0.2, -0.15) is 0 Å².